The fourth-order valence-corrected chi connectivity index (χ4v) is 6.18. The second-order valence-electron chi connectivity index (χ2n) is 10.6. The maximum Gasteiger partial charge on any atom is 0.0546 e. The van der Waals surface area contributed by atoms with Crippen LogP contribution in [0.5, 0.6) is 0 Å². The number of para-hydroxylation sites is 1. The summed E-state index contributed by atoms with van der Waals surface area (Å²) >= 11 is 0. The average molecular weight is 488 g/mol. The third-order valence-corrected chi connectivity index (χ3v) is 8.05. The lowest BCUT2D eigenvalue weighted by atomic mass is 9.68. The molecule has 0 saturated heterocycles. The van der Waals surface area contributed by atoms with Gasteiger partial charge in [0.15, 0.2) is 0 Å². The Balaban J connectivity index is 1.51. The van der Waals surface area contributed by atoms with E-state index in [1.54, 1.807) is 0 Å². The molecule has 38 heavy (non-hydrogen) atoms. The van der Waals surface area contributed by atoms with Crippen molar-refractivity contribution in [1.82, 2.24) is 0 Å². The molecule has 1 aliphatic rings. The maximum atomic E-state index is 2.41. The molecule has 1 aliphatic carbocycles. The van der Waals surface area contributed by atoms with Gasteiger partial charge >= 0.3 is 0 Å². The summed E-state index contributed by atoms with van der Waals surface area (Å²) in [5, 5.41) is 2.65. The molecule has 0 fully saturated rings. The summed E-state index contributed by atoms with van der Waals surface area (Å²) in [5.74, 6) is 0. The second kappa shape index (κ2) is 8.75. The van der Waals surface area contributed by atoms with Crippen LogP contribution in [0, 0.1) is 0 Å². The fourth-order valence-electron chi connectivity index (χ4n) is 6.18. The highest BCUT2D eigenvalue weighted by atomic mass is 15.1. The Labute approximate surface area is 224 Å². The third-order valence-electron chi connectivity index (χ3n) is 8.05. The van der Waals surface area contributed by atoms with E-state index in [9.17, 15) is 0 Å². The predicted octanol–water partition coefficient (Wildman–Crippen LogP) is 10.3. The van der Waals surface area contributed by atoms with Crippen molar-refractivity contribution in [2.45, 2.75) is 19.3 Å². The SMILES string of the molecule is CC1(C)c2ccccc2-c2c(N(c3ccccc3)c3ccc(-c4ccccc4)cc3)ccc3cccc1c23. The van der Waals surface area contributed by atoms with Crippen molar-refractivity contribution < 1.29 is 0 Å². The Morgan fingerprint density at radius 3 is 1.84 bits per heavy atom. The monoisotopic (exact) mass is 487 g/mol. The minimum Gasteiger partial charge on any atom is -0.310 e. The quantitative estimate of drug-likeness (QED) is 0.239. The van der Waals surface area contributed by atoms with Crippen molar-refractivity contribution in [3.05, 3.63) is 151 Å². The molecule has 0 saturated carbocycles. The Morgan fingerprint density at radius 1 is 0.474 bits per heavy atom. The van der Waals surface area contributed by atoms with Crippen molar-refractivity contribution in [2.24, 2.45) is 0 Å². The van der Waals surface area contributed by atoms with Gasteiger partial charge in [-0.1, -0.05) is 123 Å². The highest BCUT2D eigenvalue weighted by molar-refractivity contribution is 6.10. The molecule has 182 valence electrons. The van der Waals surface area contributed by atoms with Gasteiger partial charge in [-0.25, -0.2) is 0 Å². The molecule has 0 bridgehead atoms. The van der Waals surface area contributed by atoms with Crippen molar-refractivity contribution in [3.8, 4) is 22.3 Å². The van der Waals surface area contributed by atoms with Crippen LogP contribution in [0.3, 0.4) is 0 Å². The lowest BCUT2D eigenvalue weighted by Crippen LogP contribution is -2.24. The largest absolute Gasteiger partial charge is 0.310 e. The Bertz CT molecular complexity index is 1760. The van der Waals surface area contributed by atoms with E-state index in [0.29, 0.717) is 0 Å². The molecular formula is C37H29N. The zero-order valence-corrected chi connectivity index (χ0v) is 21.7. The van der Waals surface area contributed by atoms with Gasteiger partial charge in [0.1, 0.15) is 0 Å². The second-order valence-corrected chi connectivity index (χ2v) is 10.6. The normalized spacial score (nSPS) is 13.2. The first-order chi connectivity index (χ1) is 18.6. The molecule has 0 amide bonds. The Kier molecular flexibility index (Phi) is 5.19. The van der Waals surface area contributed by atoms with Crippen LogP contribution in [0.4, 0.5) is 17.1 Å². The van der Waals surface area contributed by atoms with E-state index < -0.39 is 0 Å². The number of benzene rings is 6. The van der Waals surface area contributed by atoms with Crippen molar-refractivity contribution in [1.29, 1.82) is 0 Å². The Hall–Kier alpha value is -4.62. The van der Waals surface area contributed by atoms with Crippen LogP contribution >= 0.6 is 0 Å². The van der Waals surface area contributed by atoms with E-state index in [2.05, 4.69) is 158 Å². The van der Waals surface area contributed by atoms with Crippen LogP contribution in [-0.4, -0.2) is 0 Å². The van der Waals surface area contributed by atoms with E-state index in [4.69, 9.17) is 0 Å². The lowest BCUT2D eigenvalue weighted by Gasteiger charge is -2.37. The molecule has 0 spiro atoms. The van der Waals surface area contributed by atoms with Crippen molar-refractivity contribution in [2.75, 3.05) is 4.90 Å². The zero-order chi connectivity index (χ0) is 25.7. The minimum absolute atomic E-state index is 0.0728. The molecule has 0 N–H and O–H groups in total. The molecule has 1 nitrogen and oxygen atoms in total. The summed E-state index contributed by atoms with van der Waals surface area (Å²) in [5.41, 5.74) is 11.3. The molecule has 0 heterocycles. The van der Waals surface area contributed by atoms with Gasteiger partial charge in [-0.3, -0.25) is 0 Å². The smallest absolute Gasteiger partial charge is 0.0546 e. The van der Waals surface area contributed by atoms with Gasteiger partial charge in [-0.15, -0.1) is 0 Å². The van der Waals surface area contributed by atoms with Crippen LogP contribution < -0.4 is 4.90 Å². The first-order valence-electron chi connectivity index (χ1n) is 13.3. The van der Waals surface area contributed by atoms with Crippen LogP contribution in [0.15, 0.2) is 140 Å². The van der Waals surface area contributed by atoms with Crippen LogP contribution in [-0.2, 0) is 5.41 Å². The topological polar surface area (TPSA) is 3.24 Å². The lowest BCUT2D eigenvalue weighted by molar-refractivity contribution is 0.645. The maximum absolute atomic E-state index is 2.41. The third kappa shape index (κ3) is 3.47. The molecule has 6 aromatic carbocycles. The number of rotatable bonds is 4. The molecule has 7 rings (SSSR count). The molecule has 0 unspecified atom stereocenters. The summed E-state index contributed by atoms with van der Waals surface area (Å²) < 4.78 is 0. The highest BCUT2D eigenvalue weighted by Gasteiger charge is 2.35. The first kappa shape index (κ1) is 22.6. The van der Waals surface area contributed by atoms with Crippen LogP contribution in [0.1, 0.15) is 25.0 Å². The first-order valence-corrected chi connectivity index (χ1v) is 13.3. The van der Waals surface area contributed by atoms with E-state index in [0.717, 1.165) is 11.4 Å². The molecule has 0 aliphatic heterocycles. The molecule has 0 aromatic heterocycles. The molecule has 6 aromatic rings. The van der Waals surface area contributed by atoms with Gasteiger partial charge in [0, 0.05) is 22.4 Å². The number of hydrogen-bond acceptors (Lipinski definition) is 1. The van der Waals surface area contributed by atoms with Crippen molar-refractivity contribution in [3.63, 3.8) is 0 Å². The van der Waals surface area contributed by atoms with Crippen molar-refractivity contribution >= 4 is 27.8 Å². The number of hydrogen-bond donors (Lipinski definition) is 0. The van der Waals surface area contributed by atoms with Crippen LogP contribution in [0.25, 0.3) is 33.0 Å². The summed E-state index contributed by atoms with van der Waals surface area (Å²) in [4.78, 5) is 2.41. The van der Waals surface area contributed by atoms with E-state index in [-0.39, 0.29) is 5.41 Å². The number of nitrogens with zero attached hydrogens (tertiary/aromatic N) is 1. The summed E-state index contributed by atoms with van der Waals surface area (Å²) in [7, 11) is 0. The summed E-state index contributed by atoms with van der Waals surface area (Å²) in [6, 6.07) is 50.6. The predicted molar refractivity (Wildman–Crippen MR) is 162 cm³/mol. The minimum atomic E-state index is -0.0728. The number of fused-ring (bicyclic) bond motifs is 2. The molecule has 0 atom stereocenters. The van der Waals surface area contributed by atoms with Gasteiger partial charge in [0.2, 0.25) is 0 Å². The fraction of sp³-hybridized carbons (Fsp3) is 0.0811. The molecule has 1 heteroatoms. The average Bonchev–Trinajstić information content (AvgIpc) is 2.98. The Morgan fingerprint density at radius 2 is 1.08 bits per heavy atom. The summed E-state index contributed by atoms with van der Waals surface area (Å²) in [6.45, 7) is 4.71. The summed E-state index contributed by atoms with van der Waals surface area (Å²) in [6.07, 6.45) is 0. The van der Waals surface area contributed by atoms with Gasteiger partial charge in [-0.05, 0) is 68.9 Å². The van der Waals surface area contributed by atoms with Gasteiger partial charge < -0.3 is 4.90 Å². The van der Waals surface area contributed by atoms with E-state index >= 15 is 0 Å². The standard InChI is InChI=1S/C37H29N/c1-37(2)32-18-10-9-17-31(32)36-34(25-22-28-14-11-19-33(37)35(28)36)38(29-15-7-4-8-16-29)30-23-20-27(21-24-30)26-12-5-3-6-13-26/h3-25H,1-2H3. The molecular weight excluding hydrogens is 458 g/mol. The zero-order valence-electron chi connectivity index (χ0n) is 21.7. The van der Waals surface area contributed by atoms with Gasteiger partial charge in [0.05, 0.1) is 5.69 Å². The van der Waals surface area contributed by atoms with E-state index in [1.807, 2.05) is 0 Å². The molecule has 0 radical (unpaired) electrons. The highest BCUT2D eigenvalue weighted by Crippen LogP contribution is 2.53. The van der Waals surface area contributed by atoms with Crippen LogP contribution in [0.2, 0.25) is 0 Å². The number of anilines is 3. The van der Waals surface area contributed by atoms with E-state index in [1.165, 1.54) is 49.8 Å². The van der Waals surface area contributed by atoms with Gasteiger partial charge in [-0.2, -0.15) is 0 Å². The van der Waals surface area contributed by atoms with Gasteiger partial charge in [0.25, 0.3) is 0 Å².